The SMILES string of the molecule is OCC#CCOc1ccc(-c2cnc3c(Cl)nccn23)cc1F. The molecule has 0 atom stereocenters. The number of fused-ring (bicyclic) bond motifs is 1. The van der Waals surface area contributed by atoms with Crippen LogP contribution in [-0.2, 0) is 0 Å². The second-order valence-corrected chi connectivity index (χ2v) is 4.86. The smallest absolute Gasteiger partial charge is 0.175 e. The number of aromatic nitrogens is 3. The van der Waals surface area contributed by atoms with Crippen molar-refractivity contribution >= 4 is 17.2 Å². The van der Waals surface area contributed by atoms with Gasteiger partial charge < -0.3 is 9.84 Å². The third-order valence-electron chi connectivity index (χ3n) is 3.12. The van der Waals surface area contributed by atoms with Crippen molar-refractivity contribution in [2.45, 2.75) is 0 Å². The van der Waals surface area contributed by atoms with Gasteiger partial charge in [0.05, 0.1) is 11.9 Å². The number of hydrogen-bond donors (Lipinski definition) is 1. The Kier molecular flexibility index (Phi) is 4.42. The van der Waals surface area contributed by atoms with E-state index in [1.807, 2.05) is 0 Å². The zero-order valence-electron chi connectivity index (χ0n) is 11.8. The molecule has 0 radical (unpaired) electrons. The molecule has 3 rings (SSSR count). The largest absolute Gasteiger partial charge is 0.478 e. The van der Waals surface area contributed by atoms with Gasteiger partial charge in [-0.15, -0.1) is 0 Å². The number of aliphatic hydroxyl groups excluding tert-OH is 1. The molecule has 0 aliphatic rings. The Labute approximate surface area is 136 Å². The van der Waals surface area contributed by atoms with E-state index in [4.69, 9.17) is 21.4 Å². The molecular formula is C16H11ClFN3O2. The lowest BCUT2D eigenvalue weighted by Crippen LogP contribution is -1.97. The highest BCUT2D eigenvalue weighted by Gasteiger charge is 2.11. The van der Waals surface area contributed by atoms with Crippen molar-refractivity contribution in [1.82, 2.24) is 14.4 Å². The number of halogens is 2. The second-order valence-electron chi connectivity index (χ2n) is 4.50. The second kappa shape index (κ2) is 6.65. The van der Waals surface area contributed by atoms with E-state index in [-0.39, 0.29) is 24.1 Å². The molecule has 1 N–H and O–H groups in total. The summed E-state index contributed by atoms with van der Waals surface area (Å²) in [6.07, 6.45) is 4.86. The predicted molar refractivity (Wildman–Crippen MR) is 83.7 cm³/mol. The molecule has 2 aromatic heterocycles. The van der Waals surface area contributed by atoms with Crippen LogP contribution in [0.15, 0.2) is 36.8 Å². The first-order chi connectivity index (χ1) is 11.2. The van der Waals surface area contributed by atoms with Crippen LogP contribution < -0.4 is 4.74 Å². The van der Waals surface area contributed by atoms with Crippen LogP contribution in [0.2, 0.25) is 5.15 Å². The quantitative estimate of drug-likeness (QED) is 0.749. The van der Waals surface area contributed by atoms with Gasteiger partial charge in [0.2, 0.25) is 0 Å². The number of nitrogens with zero attached hydrogens (tertiary/aromatic N) is 3. The molecule has 5 nitrogen and oxygen atoms in total. The van der Waals surface area contributed by atoms with E-state index in [2.05, 4.69) is 21.8 Å². The summed E-state index contributed by atoms with van der Waals surface area (Å²) in [6.45, 7) is -0.246. The number of benzene rings is 1. The van der Waals surface area contributed by atoms with E-state index in [0.717, 1.165) is 0 Å². The predicted octanol–water partition coefficient (Wildman–Crippen LogP) is 2.56. The Morgan fingerprint density at radius 3 is 2.96 bits per heavy atom. The molecular weight excluding hydrogens is 321 g/mol. The average molecular weight is 332 g/mol. The Balaban J connectivity index is 1.91. The van der Waals surface area contributed by atoms with Gasteiger partial charge in [-0.2, -0.15) is 0 Å². The van der Waals surface area contributed by atoms with Crippen LogP contribution in [0.1, 0.15) is 0 Å². The molecule has 0 fully saturated rings. The number of imidazole rings is 1. The summed E-state index contributed by atoms with van der Waals surface area (Å²) in [6, 6.07) is 4.59. The molecule has 7 heteroatoms. The highest BCUT2D eigenvalue weighted by molar-refractivity contribution is 6.32. The summed E-state index contributed by atoms with van der Waals surface area (Å²) in [4.78, 5) is 8.14. The lowest BCUT2D eigenvalue weighted by molar-refractivity contribution is 0.341. The number of aliphatic hydroxyl groups is 1. The molecule has 0 saturated carbocycles. The molecule has 0 bridgehead atoms. The standard InChI is InChI=1S/C16H11ClFN3O2/c17-15-16-20-10-13(21(16)6-5-19-15)11-3-4-14(12(18)9-11)23-8-2-1-7-22/h3-6,9-10,22H,7-8H2. The fourth-order valence-corrected chi connectivity index (χ4v) is 2.30. The lowest BCUT2D eigenvalue weighted by Gasteiger charge is -2.06. The lowest BCUT2D eigenvalue weighted by atomic mass is 10.1. The van der Waals surface area contributed by atoms with Crippen molar-refractivity contribution in [2.24, 2.45) is 0 Å². The topological polar surface area (TPSA) is 59.7 Å². The zero-order chi connectivity index (χ0) is 16.2. The third-order valence-corrected chi connectivity index (χ3v) is 3.38. The van der Waals surface area contributed by atoms with E-state index in [9.17, 15) is 4.39 Å². The van der Waals surface area contributed by atoms with Gasteiger partial charge in [0.25, 0.3) is 0 Å². The van der Waals surface area contributed by atoms with Crippen LogP contribution in [-0.4, -0.2) is 32.7 Å². The Morgan fingerprint density at radius 2 is 2.17 bits per heavy atom. The molecule has 0 saturated heterocycles. The van der Waals surface area contributed by atoms with Gasteiger partial charge in [0, 0.05) is 18.0 Å². The normalized spacial score (nSPS) is 10.4. The Bertz CT molecular complexity index is 915. The summed E-state index contributed by atoms with van der Waals surface area (Å²) < 4.78 is 21.1. The van der Waals surface area contributed by atoms with Crippen LogP contribution in [0, 0.1) is 17.7 Å². The van der Waals surface area contributed by atoms with Crippen molar-refractivity contribution < 1.29 is 14.2 Å². The van der Waals surface area contributed by atoms with Crippen LogP contribution >= 0.6 is 11.6 Å². The van der Waals surface area contributed by atoms with Gasteiger partial charge in [-0.05, 0) is 18.2 Å². The van der Waals surface area contributed by atoms with E-state index < -0.39 is 5.82 Å². The molecule has 3 aromatic rings. The molecule has 1 aromatic carbocycles. The number of rotatable bonds is 3. The van der Waals surface area contributed by atoms with Crippen molar-refractivity contribution in [3.05, 3.63) is 47.8 Å². The van der Waals surface area contributed by atoms with Crippen LogP contribution in [0.5, 0.6) is 5.75 Å². The molecule has 116 valence electrons. The molecule has 2 heterocycles. The fraction of sp³-hybridized carbons (Fsp3) is 0.125. The summed E-state index contributed by atoms with van der Waals surface area (Å²) in [5.41, 5.74) is 1.82. The van der Waals surface area contributed by atoms with Gasteiger partial charge in [-0.25, -0.2) is 14.4 Å². The first kappa shape index (κ1) is 15.3. The van der Waals surface area contributed by atoms with Crippen LogP contribution in [0.25, 0.3) is 16.9 Å². The van der Waals surface area contributed by atoms with E-state index in [1.54, 1.807) is 29.1 Å². The average Bonchev–Trinajstić information content (AvgIpc) is 2.98. The highest BCUT2D eigenvalue weighted by atomic mass is 35.5. The zero-order valence-corrected chi connectivity index (χ0v) is 12.6. The minimum absolute atomic E-state index is 0.00766. The summed E-state index contributed by atoms with van der Waals surface area (Å²) in [5, 5.41) is 8.82. The van der Waals surface area contributed by atoms with E-state index in [1.165, 1.54) is 12.1 Å². The van der Waals surface area contributed by atoms with Gasteiger partial charge in [0.15, 0.2) is 22.4 Å². The van der Waals surface area contributed by atoms with Gasteiger partial charge >= 0.3 is 0 Å². The van der Waals surface area contributed by atoms with E-state index >= 15 is 0 Å². The highest BCUT2D eigenvalue weighted by Crippen LogP contribution is 2.27. The first-order valence-electron chi connectivity index (χ1n) is 6.67. The summed E-state index contributed by atoms with van der Waals surface area (Å²) in [5.74, 6) is 4.57. The third kappa shape index (κ3) is 3.11. The van der Waals surface area contributed by atoms with Crippen molar-refractivity contribution in [3.63, 3.8) is 0 Å². The van der Waals surface area contributed by atoms with Crippen LogP contribution in [0.3, 0.4) is 0 Å². The summed E-state index contributed by atoms with van der Waals surface area (Å²) in [7, 11) is 0. The maximum Gasteiger partial charge on any atom is 0.175 e. The Morgan fingerprint density at radius 1 is 1.30 bits per heavy atom. The van der Waals surface area contributed by atoms with Crippen molar-refractivity contribution in [1.29, 1.82) is 0 Å². The molecule has 0 spiro atoms. The molecule has 0 amide bonds. The molecule has 23 heavy (non-hydrogen) atoms. The molecule has 0 aliphatic carbocycles. The minimum Gasteiger partial charge on any atom is -0.478 e. The molecule has 0 unspecified atom stereocenters. The van der Waals surface area contributed by atoms with Crippen molar-refractivity contribution in [3.8, 4) is 28.8 Å². The number of ether oxygens (including phenoxy) is 1. The van der Waals surface area contributed by atoms with Gasteiger partial charge in [-0.1, -0.05) is 23.4 Å². The fourth-order valence-electron chi connectivity index (χ4n) is 2.10. The monoisotopic (exact) mass is 331 g/mol. The van der Waals surface area contributed by atoms with Crippen molar-refractivity contribution in [2.75, 3.05) is 13.2 Å². The minimum atomic E-state index is -0.511. The maximum absolute atomic E-state index is 14.1. The Hall–Kier alpha value is -2.62. The van der Waals surface area contributed by atoms with Crippen LogP contribution in [0.4, 0.5) is 4.39 Å². The first-order valence-corrected chi connectivity index (χ1v) is 7.05. The number of hydrogen-bond acceptors (Lipinski definition) is 4. The van der Waals surface area contributed by atoms with Gasteiger partial charge in [-0.3, -0.25) is 4.40 Å². The van der Waals surface area contributed by atoms with Gasteiger partial charge in [0.1, 0.15) is 13.2 Å². The maximum atomic E-state index is 14.1. The van der Waals surface area contributed by atoms with E-state index in [0.29, 0.717) is 16.9 Å². The molecule has 0 aliphatic heterocycles. The summed E-state index contributed by atoms with van der Waals surface area (Å²) >= 11 is 5.98.